The molecule has 0 radical (unpaired) electrons. The van der Waals surface area contributed by atoms with E-state index in [9.17, 15) is 18.4 Å². The van der Waals surface area contributed by atoms with Crippen molar-refractivity contribution >= 4 is 11.9 Å². The van der Waals surface area contributed by atoms with Gasteiger partial charge in [-0.05, 0) is 18.1 Å². The van der Waals surface area contributed by atoms with Crippen molar-refractivity contribution in [2.45, 2.75) is 26.3 Å². The van der Waals surface area contributed by atoms with Crippen LogP contribution in [0.3, 0.4) is 0 Å². The van der Waals surface area contributed by atoms with E-state index in [0.29, 0.717) is 12.5 Å². The summed E-state index contributed by atoms with van der Waals surface area (Å²) in [5.74, 6) is -4.06. The number of aliphatic carboxylic acids is 1. The van der Waals surface area contributed by atoms with Crippen LogP contribution in [-0.2, 0) is 4.79 Å². The van der Waals surface area contributed by atoms with Gasteiger partial charge >= 0.3 is 5.97 Å². The van der Waals surface area contributed by atoms with E-state index >= 15 is 0 Å². The third-order valence-electron chi connectivity index (χ3n) is 2.89. The molecule has 0 aliphatic rings. The van der Waals surface area contributed by atoms with Crippen molar-refractivity contribution in [1.29, 1.82) is 0 Å². The molecular formula is C13H15F2NO3. The van der Waals surface area contributed by atoms with Crippen LogP contribution in [0.4, 0.5) is 8.78 Å². The van der Waals surface area contributed by atoms with Crippen LogP contribution in [-0.4, -0.2) is 23.0 Å². The number of hydrogen-bond donors (Lipinski definition) is 2. The molecule has 0 aliphatic heterocycles. The molecule has 2 N–H and O–H groups in total. The summed E-state index contributed by atoms with van der Waals surface area (Å²) in [5.41, 5.74) is -0.243. The Bertz CT molecular complexity index is 471. The number of benzene rings is 1. The Morgan fingerprint density at radius 1 is 1.26 bits per heavy atom. The second kappa shape index (κ2) is 6.26. The number of halogens is 2. The fourth-order valence-corrected chi connectivity index (χ4v) is 1.59. The zero-order valence-electron chi connectivity index (χ0n) is 10.6. The highest BCUT2D eigenvalue weighted by Gasteiger charge is 2.26. The molecule has 0 aromatic heterocycles. The fraction of sp³-hybridized carbons (Fsp3) is 0.385. The van der Waals surface area contributed by atoms with Crippen LogP contribution >= 0.6 is 0 Å². The highest BCUT2D eigenvalue weighted by molar-refractivity contribution is 5.96. The van der Waals surface area contributed by atoms with Crippen LogP contribution < -0.4 is 5.32 Å². The normalized spacial score (nSPS) is 13.7. The molecule has 1 amide bonds. The molecule has 6 heteroatoms. The maximum absolute atomic E-state index is 13.0. The van der Waals surface area contributed by atoms with Crippen LogP contribution in [0, 0.1) is 17.6 Å². The second-order valence-electron chi connectivity index (χ2n) is 4.33. The summed E-state index contributed by atoms with van der Waals surface area (Å²) in [4.78, 5) is 22.8. The average Bonchev–Trinajstić information content (AvgIpc) is 2.33. The van der Waals surface area contributed by atoms with Crippen molar-refractivity contribution in [2.75, 3.05) is 0 Å². The van der Waals surface area contributed by atoms with Crippen LogP contribution in [0.25, 0.3) is 0 Å². The minimum atomic E-state index is -1.18. The molecule has 1 aromatic rings. The number of rotatable bonds is 5. The van der Waals surface area contributed by atoms with Crippen LogP contribution in [0.15, 0.2) is 18.2 Å². The first-order valence-electron chi connectivity index (χ1n) is 5.85. The Kier molecular flexibility index (Phi) is 4.97. The number of carbonyl (C=O) groups is 2. The van der Waals surface area contributed by atoms with Gasteiger partial charge in [0.25, 0.3) is 5.91 Å². The minimum Gasteiger partial charge on any atom is -0.480 e. The number of nitrogens with one attached hydrogen (secondary N) is 1. The predicted molar refractivity (Wildman–Crippen MR) is 64.7 cm³/mol. The summed E-state index contributed by atoms with van der Waals surface area (Å²) in [5, 5.41) is 11.3. The summed E-state index contributed by atoms with van der Waals surface area (Å²) in [6, 6.07) is 1.26. The monoisotopic (exact) mass is 271 g/mol. The van der Waals surface area contributed by atoms with Gasteiger partial charge in [0.1, 0.15) is 17.7 Å². The van der Waals surface area contributed by atoms with Gasteiger partial charge in [0, 0.05) is 11.6 Å². The average molecular weight is 271 g/mol. The lowest BCUT2D eigenvalue weighted by atomic mass is 9.99. The quantitative estimate of drug-likeness (QED) is 0.862. The van der Waals surface area contributed by atoms with E-state index in [-0.39, 0.29) is 11.5 Å². The lowest BCUT2D eigenvalue weighted by molar-refractivity contribution is -0.140. The highest BCUT2D eigenvalue weighted by Crippen LogP contribution is 2.11. The standard InChI is InChI=1S/C13H15F2NO3/c1-3-7(2)11(13(18)19)16-12(17)8-4-9(14)6-10(15)5-8/h4-7,11H,3H2,1-2H3,(H,16,17)(H,18,19)/t7-,11+/m1/s1. The molecule has 1 aromatic carbocycles. The zero-order chi connectivity index (χ0) is 14.6. The lowest BCUT2D eigenvalue weighted by Crippen LogP contribution is -2.45. The molecule has 2 atom stereocenters. The van der Waals surface area contributed by atoms with E-state index in [1.165, 1.54) is 0 Å². The highest BCUT2D eigenvalue weighted by atomic mass is 19.1. The van der Waals surface area contributed by atoms with Gasteiger partial charge in [-0.3, -0.25) is 4.79 Å². The smallest absolute Gasteiger partial charge is 0.326 e. The van der Waals surface area contributed by atoms with Gasteiger partial charge in [0.15, 0.2) is 0 Å². The van der Waals surface area contributed by atoms with Crippen molar-refractivity contribution in [3.8, 4) is 0 Å². The number of carboxylic acids is 1. The third-order valence-corrected chi connectivity index (χ3v) is 2.89. The molecule has 1 rings (SSSR count). The van der Waals surface area contributed by atoms with Gasteiger partial charge in [-0.1, -0.05) is 20.3 Å². The summed E-state index contributed by atoms with van der Waals surface area (Å²) >= 11 is 0. The van der Waals surface area contributed by atoms with Crippen LogP contribution in [0.1, 0.15) is 30.6 Å². The van der Waals surface area contributed by atoms with Crippen LogP contribution in [0.2, 0.25) is 0 Å². The summed E-state index contributed by atoms with van der Waals surface area (Å²) in [7, 11) is 0. The first-order valence-corrected chi connectivity index (χ1v) is 5.85. The largest absolute Gasteiger partial charge is 0.480 e. The fourth-order valence-electron chi connectivity index (χ4n) is 1.59. The van der Waals surface area contributed by atoms with Crippen molar-refractivity contribution in [3.63, 3.8) is 0 Å². The van der Waals surface area contributed by atoms with E-state index in [0.717, 1.165) is 12.1 Å². The molecule has 0 fully saturated rings. The molecule has 0 heterocycles. The van der Waals surface area contributed by atoms with Gasteiger partial charge in [0.2, 0.25) is 0 Å². The Balaban J connectivity index is 2.90. The Labute approximate surface area is 109 Å². The van der Waals surface area contributed by atoms with E-state index < -0.39 is 29.6 Å². The van der Waals surface area contributed by atoms with Gasteiger partial charge in [-0.15, -0.1) is 0 Å². The van der Waals surface area contributed by atoms with Crippen molar-refractivity contribution < 1.29 is 23.5 Å². The van der Waals surface area contributed by atoms with Gasteiger partial charge in [-0.2, -0.15) is 0 Å². The first-order chi connectivity index (χ1) is 8.85. The van der Waals surface area contributed by atoms with E-state index in [2.05, 4.69) is 5.32 Å². The topological polar surface area (TPSA) is 66.4 Å². The second-order valence-corrected chi connectivity index (χ2v) is 4.33. The summed E-state index contributed by atoms with van der Waals surface area (Å²) in [6.07, 6.45) is 0.550. The van der Waals surface area contributed by atoms with E-state index in [1.807, 2.05) is 0 Å². The zero-order valence-corrected chi connectivity index (χ0v) is 10.6. The lowest BCUT2D eigenvalue weighted by Gasteiger charge is -2.20. The molecule has 0 bridgehead atoms. The summed E-state index contributed by atoms with van der Waals surface area (Å²) < 4.78 is 25.9. The summed E-state index contributed by atoms with van der Waals surface area (Å²) in [6.45, 7) is 3.46. The molecule has 104 valence electrons. The third kappa shape index (κ3) is 4.01. The predicted octanol–water partition coefficient (Wildman–Crippen LogP) is 2.19. The molecule has 0 spiro atoms. The van der Waals surface area contributed by atoms with Crippen LogP contribution in [0.5, 0.6) is 0 Å². The number of amides is 1. The van der Waals surface area contributed by atoms with Crippen molar-refractivity contribution in [1.82, 2.24) is 5.32 Å². The SMILES string of the molecule is CC[C@@H](C)[C@H](NC(=O)c1cc(F)cc(F)c1)C(=O)O. The Morgan fingerprint density at radius 3 is 2.21 bits per heavy atom. The number of carboxylic acid groups (broad SMARTS) is 1. The van der Waals surface area contributed by atoms with Crippen molar-refractivity contribution in [3.05, 3.63) is 35.4 Å². The molecule has 0 aliphatic carbocycles. The van der Waals surface area contributed by atoms with Gasteiger partial charge in [0.05, 0.1) is 0 Å². The van der Waals surface area contributed by atoms with Crippen molar-refractivity contribution in [2.24, 2.45) is 5.92 Å². The Hall–Kier alpha value is -1.98. The molecule has 4 nitrogen and oxygen atoms in total. The molecule has 19 heavy (non-hydrogen) atoms. The van der Waals surface area contributed by atoms with Gasteiger partial charge < -0.3 is 10.4 Å². The maximum Gasteiger partial charge on any atom is 0.326 e. The van der Waals surface area contributed by atoms with E-state index in [4.69, 9.17) is 5.11 Å². The minimum absolute atomic E-state index is 0.243. The number of carbonyl (C=O) groups excluding carboxylic acids is 1. The molecular weight excluding hydrogens is 256 g/mol. The molecule has 0 saturated heterocycles. The molecule has 0 saturated carbocycles. The first kappa shape index (κ1) is 15.1. The number of hydrogen-bond acceptors (Lipinski definition) is 2. The molecule has 0 unspecified atom stereocenters. The Morgan fingerprint density at radius 2 is 1.79 bits per heavy atom. The van der Waals surface area contributed by atoms with Gasteiger partial charge in [-0.25, -0.2) is 13.6 Å². The van der Waals surface area contributed by atoms with E-state index in [1.54, 1.807) is 13.8 Å². The maximum atomic E-state index is 13.0.